The van der Waals surface area contributed by atoms with E-state index in [9.17, 15) is 14.4 Å². The van der Waals surface area contributed by atoms with Crippen LogP contribution in [0, 0.1) is 11.8 Å². The van der Waals surface area contributed by atoms with Crippen LogP contribution in [-0.4, -0.2) is 35.5 Å². The topological polar surface area (TPSA) is 95.5 Å². The Kier molecular flexibility index (Phi) is 4.39. The Hall–Kier alpha value is -1.59. The van der Waals surface area contributed by atoms with Crippen molar-refractivity contribution in [2.24, 2.45) is 11.8 Å². The van der Waals surface area contributed by atoms with Gasteiger partial charge in [-0.25, -0.2) is 0 Å². The first-order chi connectivity index (χ1) is 9.06. The van der Waals surface area contributed by atoms with Crippen LogP contribution in [0.5, 0.6) is 0 Å². The van der Waals surface area contributed by atoms with E-state index in [2.05, 4.69) is 10.6 Å². The predicted octanol–water partition coefficient (Wildman–Crippen LogP) is 0.272. The summed E-state index contributed by atoms with van der Waals surface area (Å²) in [5.41, 5.74) is 0. The minimum Gasteiger partial charge on any atom is -0.481 e. The lowest BCUT2D eigenvalue weighted by Gasteiger charge is -2.25. The molecule has 106 valence electrons. The number of hydrogen-bond acceptors (Lipinski definition) is 3. The molecule has 0 heterocycles. The van der Waals surface area contributed by atoms with Crippen molar-refractivity contribution < 1.29 is 19.5 Å². The van der Waals surface area contributed by atoms with E-state index in [-0.39, 0.29) is 30.3 Å². The van der Waals surface area contributed by atoms with E-state index in [1.807, 2.05) is 0 Å². The number of carboxylic acids is 1. The van der Waals surface area contributed by atoms with Gasteiger partial charge in [-0.05, 0) is 32.1 Å². The van der Waals surface area contributed by atoms with Crippen molar-refractivity contribution in [2.75, 3.05) is 6.54 Å². The fraction of sp³-hybridized carbons (Fsp3) is 0.769. The zero-order valence-corrected chi connectivity index (χ0v) is 10.9. The average molecular weight is 268 g/mol. The summed E-state index contributed by atoms with van der Waals surface area (Å²) in [5.74, 6) is -1.89. The number of aliphatic carboxylic acids is 1. The summed E-state index contributed by atoms with van der Waals surface area (Å²) in [4.78, 5) is 34.2. The molecule has 0 saturated heterocycles. The van der Waals surface area contributed by atoms with Crippen LogP contribution in [0.1, 0.15) is 38.5 Å². The van der Waals surface area contributed by atoms with Crippen LogP contribution in [-0.2, 0) is 14.4 Å². The van der Waals surface area contributed by atoms with Crippen LogP contribution < -0.4 is 10.6 Å². The highest BCUT2D eigenvalue weighted by atomic mass is 16.4. The maximum absolute atomic E-state index is 11.9. The maximum Gasteiger partial charge on any atom is 0.306 e. The Morgan fingerprint density at radius 2 is 1.74 bits per heavy atom. The Morgan fingerprint density at radius 1 is 1.05 bits per heavy atom. The fourth-order valence-corrected chi connectivity index (χ4v) is 2.47. The van der Waals surface area contributed by atoms with E-state index in [0.717, 1.165) is 19.3 Å². The minimum atomic E-state index is -0.830. The molecule has 3 N–H and O–H groups in total. The summed E-state index contributed by atoms with van der Waals surface area (Å²) in [6, 6.07) is 0.287. The summed E-state index contributed by atoms with van der Waals surface area (Å²) >= 11 is 0. The van der Waals surface area contributed by atoms with E-state index in [0.29, 0.717) is 19.3 Å². The quantitative estimate of drug-likeness (QED) is 0.667. The fourth-order valence-electron chi connectivity index (χ4n) is 2.47. The minimum absolute atomic E-state index is 0.0103. The highest BCUT2D eigenvalue weighted by molar-refractivity contribution is 5.86. The largest absolute Gasteiger partial charge is 0.481 e. The van der Waals surface area contributed by atoms with E-state index < -0.39 is 11.9 Å². The zero-order chi connectivity index (χ0) is 13.8. The van der Waals surface area contributed by atoms with E-state index in [1.165, 1.54) is 0 Å². The molecule has 2 saturated carbocycles. The van der Waals surface area contributed by atoms with E-state index in [4.69, 9.17) is 5.11 Å². The monoisotopic (exact) mass is 268 g/mol. The van der Waals surface area contributed by atoms with Gasteiger partial charge in [-0.1, -0.05) is 6.42 Å². The Labute approximate surface area is 111 Å². The molecule has 6 heteroatoms. The van der Waals surface area contributed by atoms with Crippen molar-refractivity contribution in [1.82, 2.24) is 10.6 Å². The first kappa shape index (κ1) is 13.8. The molecule has 0 bridgehead atoms. The van der Waals surface area contributed by atoms with Gasteiger partial charge in [0.25, 0.3) is 0 Å². The summed E-state index contributed by atoms with van der Waals surface area (Å²) in [5, 5.41) is 14.4. The van der Waals surface area contributed by atoms with Gasteiger partial charge in [0.2, 0.25) is 11.8 Å². The van der Waals surface area contributed by atoms with Gasteiger partial charge in [-0.15, -0.1) is 0 Å². The number of carboxylic acid groups (broad SMARTS) is 1. The molecular formula is C13H20N2O4. The van der Waals surface area contributed by atoms with Gasteiger partial charge in [-0.3, -0.25) is 14.4 Å². The van der Waals surface area contributed by atoms with Gasteiger partial charge in [0.15, 0.2) is 0 Å². The number of amides is 2. The molecule has 2 fully saturated rings. The van der Waals surface area contributed by atoms with Gasteiger partial charge in [0.1, 0.15) is 0 Å². The highest BCUT2D eigenvalue weighted by Crippen LogP contribution is 2.29. The molecule has 6 nitrogen and oxygen atoms in total. The number of hydrogen-bond donors (Lipinski definition) is 3. The van der Waals surface area contributed by atoms with Crippen LogP contribution in [0.2, 0.25) is 0 Å². The normalized spacial score (nSPS) is 26.5. The Balaban J connectivity index is 1.72. The molecule has 2 unspecified atom stereocenters. The molecule has 2 aliphatic carbocycles. The second kappa shape index (κ2) is 6.04. The lowest BCUT2D eigenvalue weighted by molar-refractivity contribution is -0.144. The average Bonchev–Trinajstić information content (AvgIpc) is 3.20. The molecule has 2 amide bonds. The second-order valence-corrected chi connectivity index (χ2v) is 5.46. The van der Waals surface area contributed by atoms with Gasteiger partial charge < -0.3 is 15.7 Å². The van der Waals surface area contributed by atoms with Crippen molar-refractivity contribution >= 4 is 17.8 Å². The summed E-state index contributed by atoms with van der Waals surface area (Å²) < 4.78 is 0. The molecular weight excluding hydrogens is 248 g/mol. The van der Waals surface area contributed by atoms with Crippen LogP contribution in [0.3, 0.4) is 0 Å². The number of carbonyl (C=O) groups is 3. The predicted molar refractivity (Wildman–Crippen MR) is 67.3 cm³/mol. The van der Waals surface area contributed by atoms with Crippen molar-refractivity contribution in [2.45, 2.75) is 44.6 Å². The van der Waals surface area contributed by atoms with Crippen LogP contribution in [0.25, 0.3) is 0 Å². The summed E-state index contributed by atoms with van der Waals surface area (Å²) in [6.07, 6.45) is 4.51. The van der Waals surface area contributed by atoms with Gasteiger partial charge in [-0.2, -0.15) is 0 Å². The lowest BCUT2D eigenvalue weighted by atomic mass is 9.81. The van der Waals surface area contributed by atoms with Crippen molar-refractivity contribution in [3.63, 3.8) is 0 Å². The molecule has 2 rings (SSSR count). The third-order valence-electron chi connectivity index (χ3n) is 3.76. The summed E-state index contributed by atoms with van der Waals surface area (Å²) in [7, 11) is 0. The third-order valence-corrected chi connectivity index (χ3v) is 3.76. The Morgan fingerprint density at radius 3 is 2.37 bits per heavy atom. The van der Waals surface area contributed by atoms with Crippen LogP contribution in [0.15, 0.2) is 0 Å². The molecule has 19 heavy (non-hydrogen) atoms. The molecule has 0 radical (unpaired) electrons. The number of rotatable bonds is 5. The maximum atomic E-state index is 11.9. The molecule has 2 atom stereocenters. The van der Waals surface area contributed by atoms with E-state index >= 15 is 0 Å². The van der Waals surface area contributed by atoms with Gasteiger partial charge in [0, 0.05) is 12.0 Å². The summed E-state index contributed by atoms with van der Waals surface area (Å²) in [6.45, 7) is -0.0103. The van der Waals surface area contributed by atoms with Gasteiger partial charge in [0.05, 0.1) is 12.5 Å². The van der Waals surface area contributed by atoms with Crippen molar-refractivity contribution in [3.8, 4) is 0 Å². The number of carbonyl (C=O) groups excluding carboxylic acids is 2. The standard InChI is InChI=1S/C13H20N2O4/c16-11(15-10-4-5-10)7-14-12(17)8-2-1-3-9(6-8)13(18)19/h8-10H,1-7H2,(H,14,17)(H,15,16)(H,18,19). The van der Waals surface area contributed by atoms with Crippen molar-refractivity contribution in [3.05, 3.63) is 0 Å². The first-order valence-electron chi connectivity index (χ1n) is 6.86. The second-order valence-electron chi connectivity index (χ2n) is 5.46. The lowest BCUT2D eigenvalue weighted by Crippen LogP contribution is -2.41. The molecule has 0 aromatic rings. The molecule has 0 spiro atoms. The third kappa shape index (κ3) is 4.22. The first-order valence-corrected chi connectivity index (χ1v) is 6.86. The molecule has 0 aliphatic heterocycles. The SMILES string of the molecule is O=C(CNC(=O)C1CCCC(C(=O)O)C1)NC1CC1. The number of nitrogens with one attached hydrogen (secondary N) is 2. The van der Waals surface area contributed by atoms with Crippen molar-refractivity contribution in [1.29, 1.82) is 0 Å². The Bertz CT molecular complexity index is 379. The highest BCUT2D eigenvalue weighted by Gasteiger charge is 2.31. The smallest absolute Gasteiger partial charge is 0.306 e. The van der Waals surface area contributed by atoms with Crippen LogP contribution >= 0.6 is 0 Å². The zero-order valence-electron chi connectivity index (χ0n) is 10.9. The van der Waals surface area contributed by atoms with Crippen LogP contribution in [0.4, 0.5) is 0 Å². The molecule has 0 aromatic heterocycles. The van der Waals surface area contributed by atoms with Gasteiger partial charge >= 0.3 is 5.97 Å². The molecule has 2 aliphatic rings. The molecule has 0 aromatic carbocycles. The van der Waals surface area contributed by atoms with E-state index in [1.54, 1.807) is 0 Å².